The van der Waals surface area contributed by atoms with Crippen molar-refractivity contribution in [2.45, 2.75) is 6.61 Å². The molecule has 6 heteroatoms. The third-order valence-corrected chi connectivity index (χ3v) is 1.41. The van der Waals surface area contributed by atoms with Gasteiger partial charge in [0.2, 0.25) is 0 Å². The third kappa shape index (κ3) is 4.26. The molecule has 82 valence electrons. The maximum atomic E-state index is 11.7. The van der Waals surface area contributed by atoms with Crippen LogP contribution in [0, 0.1) is 0 Å². The van der Waals surface area contributed by atoms with Gasteiger partial charge in [0.25, 0.3) is 0 Å². The molecule has 0 saturated carbocycles. The van der Waals surface area contributed by atoms with E-state index in [9.17, 15) is 13.6 Å². The second kappa shape index (κ2) is 5.14. The van der Waals surface area contributed by atoms with Gasteiger partial charge < -0.3 is 14.6 Å². The summed E-state index contributed by atoms with van der Waals surface area (Å²) in [6, 6.07) is 5.23. The Labute approximate surface area is 84.0 Å². The highest BCUT2D eigenvalue weighted by molar-refractivity contribution is 5.68. The van der Waals surface area contributed by atoms with Gasteiger partial charge in [0, 0.05) is 0 Å². The molecule has 0 aliphatic rings. The molecule has 0 aliphatic heterocycles. The van der Waals surface area contributed by atoms with Crippen molar-refractivity contribution < 1.29 is 28.2 Å². The van der Waals surface area contributed by atoms with Crippen LogP contribution in [0.3, 0.4) is 0 Å². The molecule has 0 bridgehead atoms. The monoisotopic (exact) mass is 218 g/mol. The number of ether oxygens (including phenoxy) is 2. The second-order valence-corrected chi connectivity index (χ2v) is 2.53. The van der Waals surface area contributed by atoms with Crippen LogP contribution in [-0.4, -0.2) is 24.3 Å². The Kier molecular flexibility index (Phi) is 3.84. The van der Waals surface area contributed by atoms with Crippen molar-refractivity contribution in [3.05, 3.63) is 24.3 Å². The summed E-state index contributed by atoms with van der Waals surface area (Å²) < 4.78 is 32.4. The summed E-state index contributed by atoms with van der Waals surface area (Å²) in [7, 11) is 0. The van der Waals surface area contributed by atoms with E-state index < -0.39 is 19.2 Å². The van der Waals surface area contributed by atoms with Crippen LogP contribution in [0.2, 0.25) is 0 Å². The maximum absolute atomic E-state index is 11.7. The lowest BCUT2D eigenvalue weighted by Crippen LogP contribution is -2.09. The van der Waals surface area contributed by atoms with Gasteiger partial charge in [-0.25, -0.2) is 4.79 Å². The predicted molar refractivity (Wildman–Crippen MR) is 46.2 cm³/mol. The van der Waals surface area contributed by atoms with E-state index in [4.69, 9.17) is 9.84 Å². The highest BCUT2D eigenvalue weighted by atomic mass is 19.3. The number of carbonyl (C=O) groups is 1. The van der Waals surface area contributed by atoms with Crippen LogP contribution in [0.15, 0.2) is 24.3 Å². The molecule has 15 heavy (non-hydrogen) atoms. The molecule has 0 atom stereocenters. The van der Waals surface area contributed by atoms with Gasteiger partial charge in [0.05, 0.1) is 0 Å². The van der Waals surface area contributed by atoms with Gasteiger partial charge in [-0.05, 0) is 24.3 Å². The lowest BCUT2D eigenvalue weighted by atomic mass is 10.3. The first-order chi connectivity index (χ1) is 7.08. The minimum Gasteiger partial charge on any atom is -0.482 e. The molecule has 0 spiro atoms. The number of rotatable bonds is 5. The number of alkyl halides is 2. The summed E-state index contributed by atoms with van der Waals surface area (Å²) in [4.78, 5) is 10.1. The fraction of sp³-hybridized carbons (Fsp3) is 0.222. The first kappa shape index (κ1) is 11.2. The summed E-state index contributed by atoms with van der Waals surface area (Å²) in [6.07, 6.45) is 0. The molecule has 1 rings (SSSR count). The number of carboxylic acid groups (broad SMARTS) is 1. The van der Waals surface area contributed by atoms with Crippen LogP contribution in [0.25, 0.3) is 0 Å². The standard InChI is InChI=1S/C9H8F2O4/c10-9(11)15-7-3-1-6(2-4-7)14-5-8(12)13/h1-4,9H,5H2,(H,12,13). The van der Waals surface area contributed by atoms with Crippen LogP contribution in [0.1, 0.15) is 0 Å². The average Bonchev–Trinajstić information content (AvgIpc) is 2.16. The molecule has 0 saturated heterocycles. The van der Waals surface area contributed by atoms with Crippen LogP contribution in [0.4, 0.5) is 8.78 Å². The van der Waals surface area contributed by atoms with Gasteiger partial charge >= 0.3 is 12.6 Å². The number of halogens is 2. The Balaban J connectivity index is 2.52. The number of carboxylic acids is 1. The van der Waals surface area contributed by atoms with Crippen molar-refractivity contribution in [2.75, 3.05) is 6.61 Å². The second-order valence-electron chi connectivity index (χ2n) is 2.53. The van der Waals surface area contributed by atoms with Gasteiger partial charge in [-0.3, -0.25) is 0 Å². The van der Waals surface area contributed by atoms with Crippen molar-refractivity contribution in [1.29, 1.82) is 0 Å². The number of hydrogen-bond acceptors (Lipinski definition) is 3. The molecule has 4 nitrogen and oxygen atoms in total. The molecular formula is C9H8F2O4. The van der Waals surface area contributed by atoms with Crippen molar-refractivity contribution in [2.24, 2.45) is 0 Å². The molecule has 0 radical (unpaired) electrons. The molecule has 0 amide bonds. The Morgan fingerprint density at radius 2 is 1.80 bits per heavy atom. The van der Waals surface area contributed by atoms with Crippen molar-refractivity contribution in [3.63, 3.8) is 0 Å². The zero-order chi connectivity index (χ0) is 11.3. The highest BCUT2D eigenvalue weighted by Gasteiger charge is 2.04. The Morgan fingerprint density at radius 1 is 1.27 bits per heavy atom. The summed E-state index contributed by atoms with van der Waals surface area (Å²) in [5, 5.41) is 8.30. The normalized spacial score (nSPS) is 10.1. The number of benzene rings is 1. The molecule has 0 heterocycles. The van der Waals surface area contributed by atoms with Crippen molar-refractivity contribution >= 4 is 5.97 Å². The molecule has 0 unspecified atom stereocenters. The SMILES string of the molecule is O=C(O)COc1ccc(OC(F)F)cc1. The van der Waals surface area contributed by atoms with E-state index in [1.807, 2.05) is 0 Å². The van der Waals surface area contributed by atoms with Crippen molar-refractivity contribution in [1.82, 2.24) is 0 Å². The molecule has 1 N–H and O–H groups in total. The largest absolute Gasteiger partial charge is 0.482 e. The van der Waals surface area contributed by atoms with Gasteiger partial charge in [-0.2, -0.15) is 8.78 Å². The van der Waals surface area contributed by atoms with Gasteiger partial charge in [-0.15, -0.1) is 0 Å². The van der Waals surface area contributed by atoms with Crippen LogP contribution in [0.5, 0.6) is 11.5 Å². The van der Waals surface area contributed by atoms with Crippen molar-refractivity contribution in [3.8, 4) is 11.5 Å². The van der Waals surface area contributed by atoms with Crippen LogP contribution < -0.4 is 9.47 Å². The number of hydrogen-bond donors (Lipinski definition) is 1. The quantitative estimate of drug-likeness (QED) is 0.817. The Bertz CT molecular complexity index is 323. The fourth-order valence-corrected chi connectivity index (χ4v) is 0.862. The Morgan fingerprint density at radius 3 is 2.27 bits per heavy atom. The zero-order valence-corrected chi connectivity index (χ0v) is 7.52. The lowest BCUT2D eigenvalue weighted by Gasteiger charge is -2.06. The fourth-order valence-electron chi connectivity index (χ4n) is 0.862. The third-order valence-electron chi connectivity index (χ3n) is 1.41. The van der Waals surface area contributed by atoms with Gasteiger partial charge in [-0.1, -0.05) is 0 Å². The number of aliphatic carboxylic acids is 1. The first-order valence-corrected chi connectivity index (χ1v) is 3.97. The lowest BCUT2D eigenvalue weighted by molar-refractivity contribution is -0.139. The molecule has 0 aromatic heterocycles. The summed E-state index contributed by atoms with van der Waals surface area (Å²) in [5.74, 6) is -0.838. The predicted octanol–water partition coefficient (Wildman–Crippen LogP) is 1.75. The van der Waals surface area contributed by atoms with Gasteiger partial charge in [0.1, 0.15) is 11.5 Å². The molecule has 1 aromatic rings. The van der Waals surface area contributed by atoms with E-state index in [1.54, 1.807) is 0 Å². The summed E-state index contributed by atoms with van der Waals surface area (Å²) >= 11 is 0. The molecule has 0 fully saturated rings. The summed E-state index contributed by atoms with van der Waals surface area (Å²) in [5.41, 5.74) is 0. The highest BCUT2D eigenvalue weighted by Crippen LogP contribution is 2.18. The smallest absolute Gasteiger partial charge is 0.387 e. The van der Waals surface area contributed by atoms with Crippen LogP contribution in [-0.2, 0) is 4.79 Å². The minimum atomic E-state index is -2.88. The van der Waals surface area contributed by atoms with E-state index in [0.29, 0.717) is 0 Å². The van der Waals surface area contributed by atoms with E-state index >= 15 is 0 Å². The zero-order valence-electron chi connectivity index (χ0n) is 7.52. The first-order valence-electron chi connectivity index (χ1n) is 3.97. The molecule has 1 aromatic carbocycles. The summed E-state index contributed by atoms with van der Waals surface area (Å²) in [6.45, 7) is -3.36. The average molecular weight is 218 g/mol. The van der Waals surface area contributed by atoms with E-state index in [0.717, 1.165) is 0 Å². The topological polar surface area (TPSA) is 55.8 Å². The minimum absolute atomic E-state index is 0.00678. The van der Waals surface area contributed by atoms with E-state index in [-0.39, 0.29) is 11.5 Å². The van der Waals surface area contributed by atoms with E-state index in [2.05, 4.69) is 4.74 Å². The van der Waals surface area contributed by atoms with Gasteiger partial charge in [0.15, 0.2) is 6.61 Å². The molecular weight excluding hydrogens is 210 g/mol. The Hall–Kier alpha value is -1.85. The van der Waals surface area contributed by atoms with Crippen LogP contribution >= 0.6 is 0 Å². The van der Waals surface area contributed by atoms with E-state index in [1.165, 1.54) is 24.3 Å². The molecule has 0 aliphatic carbocycles. The maximum Gasteiger partial charge on any atom is 0.387 e.